The summed E-state index contributed by atoms with van der Waals surface area (Å²) in [5, 5.41) is 14.5. The molecule has 3 rings (SSSR count). The van der Waals surface area contributed by atoms with Gasteiger partial charge in [-0.2, -0.15) is 0 Å². The highest BCUT2D eigenvalue weighted by Gasteiger charge is 2.11. The molecule has 0 saturated carbocycles. The van der Waals surface area contributed by atoms with Crippen molar-refractivity contribution in [1.82, 2.24) is 4.98 Å². The minimum Gasteiger partial charge on any atom is -0.478 e. The fourth-order valence-corrected chi connectivity index (χ4v) is 2.31. The monoisotopic (exact) mass is 278 g/mol. The third kappa shape index (κ3) is 2.56. The third-order valence-corrected chi connectivity index (χ3v) is 3.36. The lowest BCUT2D eigenvalue weighted by atomic mass is 10.1. The van der Waals surface area contributed by atoms with Gasteiger partial charge < -0.3 is 10.4 Å². The SMILES string of the molecule is Cc1ccc(Nc2cccc3ccncc23)c(C(=O)O)c1. The van der Waals surface area contributed by atoms with Gasteiger partial charge in [-0.1, -0.05) is 23.8 Å². The number of nitrogens with one attached hydrogen (secondary N) is 1. The van der Waals surface area contributed by atoms with E-state index in [9.17, 15) is 9.90 Å². The molecule has 4 nitrogen and oxygen atoms in total. The van der Waals surface area contributed by atoms with Crippen LogP contribution in [0.25, 0.3) is 10.8 Å². The molecule has 2 aromatic carbocycles. The smallest absolute Gasteiger partial charge is 0.337 e. The highest BCUT2D eigenvalue weighted by Crippen LogP contribution is 2.28. The number of pyridine rings is 1. The number of nitrogens with zero attached hydrogens (tertiary/aromatic N) is 1. The maximum Gasteiger partial charge on any atom is 0.337 e. The summed E-state index contributed by atoms with van der Waals surface area (Å²) in [5.41, 5.74) is 2.59. The van der Waals surface area contributed by atoms with Gasteiger partial charge in [-0.05, 0) is 36.6 Å². The maximum absolute atomic E-state index is 11.4. The molecule has 104 valence electrons. The largest absolute Gasteiger partial charge is 0.478 e. The first-order chi connectivity index (χ1) is 10.1. The predicted octanol–water partition coefficient (Wildman–Crippen LogP) is 3.99. The lowest BCUT2D eigenvalue weighted by Crippen LogP contribution is -2.03. The quantitative estimate of drug-likeness (QED) is 0.760. The van der Waals surface area contributed by atoms with Crippen LogP contribution in [0.3, 0.4) is 0 Å². The van der Waals surface area contributed by atoms with Crippen LogP contribution < -0.4 is 5.32 Å². The zero-order valence-electron chi connectivity index (χ0n) is 11.5. The number of aromatic carboxylic acids is 1. The minimum atomic E-state index is -0.945. The van der Waals surface area contributed by atoms with E-state index in [0.717, 1.165) is 22.0 Å². The van der Waals surface area contributed by atoms with Crippen molar-refractivity contribution in [3.63, 3.8) is 0 Å². The lowest BCUT2D eigenvalue weighted by molar-refractivity contribution is 0.0698. The summed E-state index contributed by atoms with van der Waals surface area (Å²) in [4.78, 5) is 15.5. The Morgan fingerprint density at radius 1 is 1.14 bits per heavy atom. The summed E-state index contributed by atoms with van der Waals surface area (Å²) in [5.74, 6) is -0.945. The number of hydrogen-bond acceptors (Lipinski definition) is 3. The van der Waals surface area contributed by atoms with Crippen LogP contribution in [-0.4, -0.2) is 16.1 Å². The Kier molecular flexibility index (Phi) is 3.28. The highest BCUT2D eigenvalue weighted by atomic mass is 16.4. The summed E-state index contributed by atoms with van der Waals surface area (Å²) in [6, 6.07) is 13.1. The number of carboxylic acids is 1. The van der Waals surface area contributed by atoms with Gasteiger partial charge in [0.05, 0.1) is 11.3 Å². The lowest BCUT2D eigenvalue weighted by Gasteiger charge is -2.12. The van der Waals surface area contributed by atoms with Crippen LogP contribution in [0, 0.1) is 6.92 Å². The van der Waals surface area contributed by atoms with Gasteiger partial charge in [0, 0.05) is 23.5 Å². The second kappa shape index (κ2) is 5.25. The summed E-state index contributed by atoms with van der Waals surface area (Å²) >= 11 is 0. The number of benzene rings is 2. The average molecular weight is 278 g/mol. The van der Waals surface area contributed by atoms with E-state index >= 15 is 0 Å². The number of carboxylic acid groups (broad SMARTS) is 1. The van der Waals surface area contributed by atoms with Crippen LogP contribution in [-0.2, 0) is 0 Å². The number of anilines is 2. The van der Waals surface area contributed by atoms with Crippen molar-refractivity contribution in [2.45, 2.75) is 6.92 Å². The molecule has 3 aromatic rings. The fraction of sp³-hybridized carbons (Fsp3) is 0.0588. The zero-order valence-corrected chi connectivity index (χ0v) is 11.5. The van der Waals surface area contributed by atoms with Crippen LogP contribution in [0.1, 0.15) is 15.9 Å². The molecular formula is C17H14N2O2. The highest BCUT2D eigenvalue weighted by molar-refractivity contribution is 5.99. The molecule has 0 radical (unpaired) electrons. The molecule has 4 heteroatoms. The van der Waals surface area contributed by atoms with Crippen molar-refractivity contribution < 1.29 is 9.90 Å². The van der Waals surface area contributed by atoms with Crippen molar-refractivity contribution >= 4 is 28.1 Å². The van der Waals surface area contributed by atoms with Gasteiger partial charge in [0.2, 0.25) is 0 Å². The Morgan fingerprint density at radius 2 is 2.00 bits per heavy atom. The first kappa shape index (κ1) is 13.1. The fourth-order valence-electron chi connectivity index (χ4n) is 2.31. The molecular weight excluding hydrogens is 264 g/mol. The molecule has 0 fully saturated rings. The van der Waals surface area contributed by atoms with Crippen LogP contribution >= 0.6 is 0 Å². The molecule has 2 N–H and O–H groups in total. The molecule has 0 aliphatic carbocycles. The van der Waals surface area contributed by atoms with Gasteiger partial charge in [-0.15, -0.1) is 0 Å². The van der Waals surface area contributed by atoms with Crippen molar-refractivity contribution in [3.05, 3.63) is 66.0 Å². The molecule has 0 bridgehead atoms. The molecule has 0 spiro atoms. The van der Waals surface area contributed by atoms with Crippen LogP contribution in [0.2, 0.25) is 0 Å². The summed E-state index contributed by atoms with van der Waals surface area (Å²) in [7, 11) is 0. The van der Waals surface area contributed by atoms with Gasteiger partial charge in [-0.25, -0.2) is 4.79 Å². The van der Waals surface area contributed by atoms with Gasteiger partial charge in [0.15, 0.2) is 0 Å². The van der Waals surface area contributed by atoms with E-state index in [1.165, 1.54) is 0 Å². The Labute approximate surface area is 122 Å². The second-order valence-electron chi connectivity index (χ2n) is 4.88. The summed E-state index contributed by atoms with van der Waals surface area (Å²) in [6.07, 6.45) is 3.51. The second-order valence-corrected chi connectivity index (χ2v) is 4.88. The number of rotatable bonds is 3. The van der Waals surface area contributed by atoms with Crippen LogP contribution in [0.4, 0.5) is 11.4 Å². The minimum absolute atomic E-state index is 0.260. The zero-order chi connectivity index (χ0) is 14.8. The van der Waals surface area contributed by atoms with E-state index in [1.54, 1.807) is 24.5 Å². The van der Waals surface area contributed by atoms with Gasteiger partial charge in [0.25, 0.3) is 0 Å². The number of fused-ring (bicyclic) bond motifs is 1. The van der Waals surface area contributed by atoms with Crippen molar-refractivity contribution in [1.29, 1.82) is 0 Å². The molecule has 1 heterocycles. The topological polar surface area (TPSA) is 62.2 Å². The molecule has 0 atom stereocenters. The first-order valence-electron chi connectivity index (χ1n) is 6.59. The Hall–Kier alpha value is -2.88. The average Bonchev–Trinajstić information content (AvgIpc) is 2.49. The Bertz CT molecular complexity index is 823. The first-order valence-corrected chi connectivity index (χ1v) is 6.59. The van der Waals surface area contributed by atoms with E-state index in [2.05, 4.69) is 10.3 Å². The van der Waals surface area contributed by atoms with Crippen molar-refractivity contribution in [2.75, 3.05) is 5.32 Å². The van der Waals surface area contributed by atoms with Crippen LogP contribution in [0.5, 0.6) is 0 Å². The van der Waals surface area contributed by atoms with E-state index in [4.69, 9.17) is 0 Å². The molecule has 0 unspecified atom stereocenters. The van der Waals surface area contributed by atoms with Gasteiger partial charge in [0.1, 0.15) is 0 Å². The molecule has 0 aliphatic rings. The van der Waals surface area contributed by atoms with E-state index < -0.39 is 5.97 Å². The molecule has 21 heavy (non-hydrogen) atoms. The molecule has 1 aromatic heterocycles. The summed E-state index contributed by atoms with van der Waals surface area (Å²) < 4.78 is 0. The maximum atomic E-state index is 11.4. The van der Waals surface area contributed by atoms with Crippen molar-refractivity contribution in [3.8, 4) is 0 Å². The number of aromatic nitrogens is 1. The molecule has 0 saturated heterocycles. The summed E-state index contributed by atoms with van der Waals surface area (Å²) in [6.45, 7) is 1.87. The van der Waals surface area contributed by atoms with Gasteiger partial charge >= 0.3 is 5.97 Å². The molecule has 0 aliphatic heterocycles. The number of carbonyl (C=O) groups is 1. The molecule has 0 amide bonds. The Morgan fingerprint density at radius 3 is 2.81 bits per heavy atom. The van der Waals surface area contributed by atoms with Crippen LogP contribution in [0.15, 0.2) is 54.9 Å². The Balaban J connectivity index is 2.09. The third-order valence-electron chi connectivity index (χ3n) is 3.36. The normalized spacial score (nSPS) is 10.5. The predicted molar refractivity (Wildman–Crippen MR) is 83.2 cm³/mol. The number of aryl methyl sites for hydroxylation is 1. The van der Waals surface area contributed by atoms with Gasteiger partial charge in [-0.3, -0.25) is 4.98 Å². The standard InChI is InChI=1S/C17H14N2O2/c1-11-5-6-16(13(9-11)17(20)21)19-15-4-2-3-12-7-8-18-10-14(12)15/h2-10,19H,1H3,(H,20,21). The van der Waals surface area contributed by atoms with E-state index in [-0.39, 0.29) is 5.56 Å². The number of hydrogen-bond donors (Lipinski definition) is 2. The van der Waals surface area contributed by atoms with E-state index in [1.807, 2.05) is 37.3 Å². The van der Waals surface area contributed by atoms with E-state index in [0.29, 0.717) is 5.69 Å². The van der Waals surface area contributed by atoms with Crippen molar-refractivity contribution in [2.24, 2.45) is 0 Å².